The van der Waals surface area contributed by atoms with Crippen molar-refractivity contribution < 1.29 is 32.2 Å². The summed E-state index contributed by atoms with van der Waals surface area (Å²) in [4.78, 5) is 11.0. The van der Waals surface area contributed by atoms with Crippen molar-refractivity contribution in [3.63, 3.8) is 0 Å². The van der Waals surface area contributed by atoms with Gasteiger partial charge in [-0.2, -0.15) is 0 Å². The topological polar surface area (TPSA) is 46.5 Å². The van der Waals surface area contributed by atoms with Crippen molar-refractivity contribution in [1.82, 2.24) is 0 Å². The minimum atomic E-state index is -4.97. The van der Waals surface area contributed by atoms with Crippen molar-refractivity contribution in [2.75, 3.05) is 0 Å². The third kappa shape index (κ3) is 3.71. The van der Waals surface area contributed by atoms with Crippen molar-refractivity contribution in [2.45, 2.75) is 6.36 Å². The Morgan fingerprint density at radius 1 is 1.10 bits per heavy atom. The van der Waals surface area contributed by atoms with Gasteiger partial charge in [-0.25, -0.2) is 9.18 Å². The quantitative estimate of drug-likeness (QED) is 0.868. The molecule has 3 nitrogen and oxygen atoms in total. The Labute approximate surface area is 116 Å². The molecule has 0 aliphatic carbocycles. The lowest BCUT2D eigenvalue weighted by Gasteiger charge is -2.12. The lowest BCUT2D eigenvalue weighted by Crippen LogP contribution is -2.17. The molecule has 0 unspecified atom stereocenters. The highest BCUT2D eigenvalue weighted by Gasteiger charge is 2.31. The summed E-state index contributed by atoms with van der Waals surface area (Å²) in [6, 6.07) is 8.06. The summed E-state index contributed by atoms with van der Waals surface area (Å²) in [6.07, 6.45) is -4.97. The van der Waals surface area contributed by atoms with Crippen LogP contribution in [0.4, 0.5) is 17.6 Å². The number of carbonyl (C=O) groups is 1. The van der Waals surface area contributed by atoms with Gasteiger partial charge in [-0.3, -0.25) is 0 Å². The zero-order valence-corrected chi connectivity index (χ0v) is 10.3. The van der Waals surface area contributed by atoms with Gasteiger partial charge in [0.15, 0.2) is 0 Å². The molecule has 0 saturated carbocycles. The Balaban J connectivity index is 2.56. The summed E-state index contributed by atoms with van der Waals surface area (Å²) in [6.45, 7) is 0. The molecule has 2 aromatic carbocycles. The minimum Gasteiger partial charge on any atom is -0.478 e. The largest absolute Gasteiger partial charge is 0.573 e. The third-order valence-corrected chi connectivity index (χ3v) is 2.57. The van der Waals surface area contributed by atoms with Crippen LogP contribution >= 0.6 is 0 Å². The number of ether oxygens (including phenoxy) is 1. The van der Waals surface area contributed by atoms with Gasteiger partial charge in [-0.15, -0.1) is 13.2 Å². The van der Waals surface area contributed by atoms with E-state index in [2.05, 4.69) is 4.74 Å². The standard InChI is InChI=1S/C14H8F4O3/c15-12-4-2-1-3-11(12)8-5-9(13(19)20)7-10(6-8)21-14(16,17)18/h1-7H,(H,19,20). The van der Waals surface area contributed by atoms with E-state index in [-0.39, 0.29) is 11.1 Å². The number of hydrogen-bond acceptors (Lipinski definition) is 2. The Hall–Kier alpha value is -2.57. The maximum absolute atomic E-state index is 13.7. The van der Waals surface area contributed by atoms with Gasteiger partial charge in [0.05, 0.1) is 5.56 Å². The summed E-state index contributed by atoms with van der Waals surface area (Å²) >= 11 is 0. The second kappa shape index (κ2) is 5.43. The molecule has 0 aliphatic rings. The number of aromatic carboxylic acids is 1. The fraction of sp³-hybridized carbons (Fsp3) is 0.0714. The van der Waals surface area contributed by atoms with E-state index in [0.29, 0.717) is 0 Å². The molecule has 0 fully saturated rings. The summed E-state index contributed by atoms with van der Waals surface area (Å²) in [5.41, 5.74) is -0.477. The SMILES string of the molecule is O=C(O)c1cc(OC(F)(F)F)cc(-c2ccccc2F)c1. The molecular weight excluding hydrogens is 292 g/mol. The first-order valence-corrected chi connectivity index (χ1v) is 5.65. The normalized spacial score (nSPS) is 11.2. The Bertz CT molecular complexity index is 680. The molecule has 0 spiro atoms. The van der Waals surface area contributed by atoms with Crippen LogP contribution in [-0.2, 0) is 0 Å². The average Bonchev–Trinajstić information content (AvgIpc) is 2.36. The number of halogens is 4. The maximum Gasteiger partial charge on any atom is 0.573 e. The molecular formula is C14H8F4O3. The van der Waals surface area contributed by atoms with Gasteiger partial charge >= 0.3 is 12.3 Å². The molecule has 0 aliphatic heterocycles. The van der Waals surface area contributed by atoms with Crippen molar-refractivity contribution in [2.24, 2.45) is 0 Å². The van der Waals surface area contributed by atoms with Gasteiger partial charge < -0.3 is 9.84 Å². The van der Waals surface area contributed by atoms with Gasteiger partial charge in [0, 0.05) is 5.56 Å². The molecule has 0 saturated heterocycles. The Morgan fingerprint density at radius 2 is 1.76 bits per heavy atom. The van der Waals surface area contributed by atoms with Crippen molar-refractivity contribution in [3.8, 4) is 16.9 Å². The maximum atomic E-state index is 13.7. The van der Waals surface area contributed by atoms with Crippen LogP contribution in [0.2, 0.25) is 0 Å². The van der Waals surface area contributed by atoms with E-state index in [0.717, 1.165) is 24.3 Å². The van der Waals surface area contributed by atoms with E-state index >= 15 is 0 Å². The number of benzene rings is 2. The lowest BCUT2D eigenvalue weighted by molar-refractivity contribution is -0.274. The van der Waals surface area contributed by atoms with Crippen LogP contribution in [0.15, 0.2) is 42.5 Å². The van der Waals surface area contributed by atoms with Crippen LogP contribution in [0.5, 0.6) is 5.75 Å². The monoisotopic (exact) mass is 300 g/mol. The summed E-state index contributed by atoms with van der Waals surface area (Å²) in [5.74, 6) is -2.85. The third-order valence-electron chi connectivity index (χ3n) is 2.57. The summed E-state index contributed by atoms with van der Waals surface area (Å²) in [7, 11) is 0. The lowest BCUT2D eigenvalue weighted by atomic mass is 10.0. The van der Waals surface area contributed by atoms with Crippen molar-refractivity contribution in [3.05, 3.63) is 53.8 Å². The van der Waals surface area contributed by atoms with Gasteiger partial charge in [0.2, 0.25) is 0 Å². The number of alkyl halides is 3. The highest BCUT2D eigenvalue weighted by molar-refractivity contribution is 5.90. The molecule has 0 bridgehead atoms. The van der Waals surface area contributed by atoms with E-state index in [1.54, 1.807) is 0 Å². The minimum absolute atomic E-state index is 0.0207. The first kappa shape index (κ1) is 14.8. The molecule has 0 atom stereocenters. The Kier molecular flexibility index (Phi) is 3.84. The average molecular weight is 300 g/mol. The van der Waals surface area contributed by atoms with E-state index in [1.807, 2.05) is 0 Å². The van der Waals surface area contributed by atoms with Crippen LogP contribution in [0.3, 0.4) is 0 Å². The predicted molar refractivity (Wildman–Crippen MR) is 65.5 cm³/mol. The molecule has 110 valence electrons. The van der Waals surface area contributed by atoms with Gasteiger partial charge in [-0.1, -0.05) is 18.2 Å². The Morgan fingerprint density at radius 3 is 2.33 bits per heavy atom. The molecule has 21 heavy (non-hydrogen) atoms. The van der Waals surface area contributed by atoms with Crippen molar-refractivity contribution in [1.29, 1.82) is 0 Å². The molecule has 2 rings (SSSR count). The molecule has 0 amide bonds. The fourth-order valence-corrected chi connectivity index (χ4v) is 1.77. The highest BCUT2D eigenvalue weighted by Crippen LogP contribution is 2.31. The second-order valence-corrected chi connectivity index (χ2v) is 4.08. The summed E-state index contributed by atoms with van der Waals surface area (Å²) in [5, 5.41) is 8.92. The zero-order valence-electron chi connectivity index (χ0n) is 10.3. The number of rotatable bonds is 3. The van der Waals surface area contributed by atoms with E-state index in [1.165, 1.54) is 18.2 Å². The molecule has 7 heteroatoms. The van der Waals surface area contributed by atoms with Crippen LogP contribution in [0, 0.1) is 5.82 Å². The first-order chi connectivity index (χ1) is 9.76. The molecule has 0 aromatic heterocycles. The van der Waals surface area contributed by atoms with Crippen LogP contribution in [0.1, 0.15) is 10.4 Å². The molecule has 0 radical (unpaired) electrons. The van der Waals surface area contributed by atoms with Gasteiger partial charge in [0.1, 0.15) is 11.6 Å². The number of hydrogen-bond donors (Lipinski definition) is 1. The number of carboxylic acids is 1. The number of carboxylic acid groups (broad SMARTS) is 1. The highest BCUT2D eigenvalue weighted by atomic mass is 19.4. The smallest absolute Gasteiger partial charge is 0.478 e. The van der Waals surface area contributed by atoms with Gasteiger partial charge in [0.25, 0.3) is 0 Å². The second-order valence-electron chi connectivity index (χ2n) is 4.08. The van der Waals surface area contributed by atoms with Gasteiger partial charge in [-0.05, 0) is 29.8 Å². The van der Waals surface area contributed by atoms with Crippen molar-refractivity contribution >= 4 is 5.97 Å². The first-order valence-electron chi connectivity index (χ1n) is 5.65. The zero-order chi connectivity index (χ0) is 15.6. The fourth-order valence-electron chi connectivity index (χ4n) is 1.77. The molecule has 2 aromatic rings. The van der Waals surface area contributed by atoms with Crippen LogP contribution in [0.25, 0.3) is 11.1 Å². The molecule has 0 heterocycles. The predicted octanol–water partition coefficient (Wildman–Crippen LogP) is 4.09. The van der Waals surface area contributed by atoms with E-state index in [9.17, 15) is 22.4 Å². The van der Waals surface area contributed by atoms with Crippen LogP contribution in [-0.4, -0.2) is 17.4 Å². The molecule has 1 N–H and O–H groups in total. The summed E-state index contributed by atoms with van der Waals surface area (Å²) < 4.78 is 54.1. The van der Waals surface area contributed by atoms with Crippen LogP contribution < -0.4 is 4.74 Å². The van der Waals surface area contributed by atoms with E-state index < -0.39 is 29.5 Å². The van der Waals surface area contributed by atoms with E-state index in [4.69, 9.17) is 5.11 Å².